The fraction of sp³-hybridized carbons (Fsp3) is 0.630. The number of thioether (sulfide) groups is 1. The Bertz CT molecular complexity index is 1210. The van der Waals surface area contributed by atoms with E-state index in [-0.39, 0.29) is 46.9 Å². The first kappa shape index (κ1) is 25.7. The molecule has 0 spiro atoms. The fourth-order valence-corrected chi connectivity index (χ4v) is 9.52. The van der Waals surface area contributed by atoms with Crippen LogP contribution in [0.25, 0.3) is 0 Å². The molecule has 4 aliphatic carbocycles. The van der Waals surface area contributed by atoms with Crippen molar-refractivity contribution in [2.75, 3.05) is 11.8 Å². The maximum Gasteiger partial charge on any atom is 0.224 e. The van der Waals surface area contributed by atoms with Gasteiger partial charge in [-0.2, -0.15) is 5.06 Å². The van der Waals surface area contributed by atoms with E-state index in [9.17, 15) is 14.7 Å². The number of aliphatic hydroxyl groups excluding tert-OH is 1. The minimum atomic E-state index is -2.18. The number of alkyl halides is 2. The quantitative estimate of drug-likeness (QED) is 0.519. The van der Waals surface area contributed by atoms with E-state index < -0.39 is 45.9 Å². The third-order valence-corrected chi connectivity index (χ3v) is 11.1. The number of furan rings is 1. The van der Waals surface area contributed by atoms with Gasteiger partial charge in [-0.05, 0) is 43.4 Å². The van der Waals surface area contributed by atoms with Crippen molar-refractivity contribution >= 4 is 34.3 Å². The lowest BCUT2D eigenvalue weighted by atomic mass is 9.45. The van der Waals surface area contributed by atoms with Crippen molar-refractivity contribution in [1.29, 1.82) is 0 Å². The lowest BCUT2D eigenvalue weighted by Crippen LogP contribution is -2.69. The Morgan fingerprint density at radius 2 is 2.14 bits per heavy atom. The number of carbonyl (C=O) groups is 2. The van der Waals surface area contributed by atoms with Crippen LogP contribution in [0.1, 0.15) is 45.1 Å². The van der Waals surface area contributed by atoms with Crippen LogP contribution in [0.4, 0.5) is 8.78 Å². The topological polar surface area (TPSA) is 80.0 Å². The van der Waals surface area contributed by atoms with Crippen LogP contribution in [-0.4, -0.2) is 50.2 Å². The predicted molar refractivity (Wildman–Crippen MR) is 134 cm³/mol. The van der Waals surface area contributed by atoms with Crippen LogP contribution >= 0.6 is 23.4 Å². The summed E-state index contributed by atoms with van der Waals surface area (Å²) in [4.78, 5) is 32.4. The Hall–Kier alpha value is -1.52. The number of carbonyl (C=O) groups excluding carboxylic acids is 2. The summed E-state index contributed by atoms with van der Waals surface area (Å²) in [5, 5.41) is 13.1. The van der Waals surface area contributed by atoms with Gasteiger partial charge in [0.2, 0.25) is 5.12 Å². The van der Waals surface area contributed by atoms with Gasteiger partial charge in [-0.15, -0.1) is 11.6 Å². The summed E-state index contributed by atoms with van der Waals surface area (Å²) >= 11 is 6.94. The van der Waals surface area contributed by atoms with Gasteiger partial charge < -0.3 is 9.52 Å². The smallest absolute Gasteiger partial charge is 0.224 e. The molecule has 1 aliphatic heterocycles. The molecule has 1 aromatic rings. The molecule has 1 N–H and O–H groups in total. The molecule has 0 unspecified atom stereocenters. The number of rotatable bonds is 4. The molecule has 6 rings (SSSR count). The summed E-state index contributed by atoms with van der Waals surface area (Å²) in [6.45, 7) is 4.31. The van der Waals surface area contributed by atoms with Crippen molar-refractivity contribution < 1.29 is 32.7 Å². The van der Waals surface area contributed by atoms with Crippen molar-refractivity contribution in [1.82, 2.24) is 5.06 Å². The van der Waals surface area contributed by atoms with E-state index in [1.807, 2.05) is 13.0 Å². The van der Waals surface area contributed by atoms with Crippen LogP contribution < -0.4 is 0 Å². The first-order valence-electron chi connectivity index (χ1n) is 12.7. The molecule has 1 aromatic heterocycles. The number of hydrogen-bond acceptors (Lipinski definition) is 7. The molecular formula is C27H30ClF2NO5S. The summed E-state index contributed by atoms with van der Waals surface area (Å²) in [7, 11) is 0. The third-order valence-electron chi connectivity index (χ3n) is 10.1. The lowest BCUT2D eigenvalue weighted by Gasteiger charge is -2.62. The highest BCUT2D eigenvalue weighted by Crippen LogP contribution is 2.73. The van der Waals surface area contributed by atoms with Gasteiger partial charge in [-0.25, -0.2) is 8.78 Å². The molecule has 10 heteroatoms. The van der Waals surface area contributed by atoms with Crippen molar-refractivity contribution in [3.8, 4) is 0 Å². The molecule has 1 saturated heterocycles. The number of ketones is 1. The van der Waals surface area contributed by atoms with Crippen LogP contribution in [-0.2, 0) is 21.0 Å². The van der Waals surface area contributed by atoms with E-state index in [4.69, 9.17) is 20.9 Å². The number of hydrogen-bond donors (Lipinski definition) is 1. The van der Waals surface area contributed by atoms with Gasteiger partial charge in [0, 0.05) is 47.6 Å². The third kappa shape index (κ3) is 3.21. The predicted octanol–water partition coefficient (Wildman–Crippen LogP) is 5.12. The molecule has 2 saturated carbocycles. The number of nitrogens with zero attached hydrogens (tertiary/aromatic N) is 1. The van der Waals surface area contributed by atoms with Crippen LogP contribution in [0.3, 0.4) is 0 Å². The molecule has 0 radical (unpaired) electrons. The van der Waals surface area contributed by atoms with Crippen molar-refractivity contribution in [3.63, 3.8) is 0 Å². The molecule has 0 amide bonds. The standard InChI is InChI=1S/C27H30ClF2NO5S/c1-24-5-3-17(32)8-20(24)21(29)9-19-18-7-16-12-31(11-15-4-6-35-13-15)36-27(16,23(34)37-14-28)25(18,2)10-22(33)26(19,24)30/h3-6,13,16,18-19,22,33H,7-12,14H2,1-2H3/t16-,18-,19-,22-,24-,25-,26-,27-/m0/s1. The van der Waals surface area contributed by atoms with Crippen LogP contribution in [0, 0.1) is 28.6 Å². The summed E-state index contributed by atoms with van der Waals surface area (Å²) in [6, 6.07) is 1.82. The summed E-state index contributed by atoms with van der Waals surface area (Å²) < 4.78 is 38.2. The average Bonchev–Trinajstić information content (AvgIpc) is 3.54. The number of halogens is 3. The zero-order valence-corrected chi connectivity index (χ0v) is 22.3. The molecule has 8 atom stereocenters. The molecule has 5 aliphatic rings. The summed E-state index contributed by atoms with van der Waals surface area (Å²) in [6.07, 6.45) is 4.48. The molecule has 200 valence electrons. The molecule has 2 heterocycles. The highest BCUT2D eigenvalue weighted by atomic mass is 35.5. The fourth-order valence-electron chi connectivity index (χ4n) is 8.47. The number of aliphatic hydroxyl groups is 1. The summed E-state index contributed by atoms with van der Waals surface area (Å²) in [5.41, 5.74) is -4.89. The van der Waals surface area contributed by atoms with Crippen molar-refractivity contribution in [2.45, 2.75) is 63.4 Å². The largest absolute Gasteiger partial charge is 0.472 e. The Labute approximate surface area is 223 Å². The Morgan fingerprint density at radius 1 is 1.35 bits per heavy atom. The Balaban J connectivity index is 1.43. The maximum atomic E-state index is 17.4. The molecule has 37 heavy (non-hydrogen) atoms. The van der Waals surface area contributed by atoms with E-state index in [1.54, 1.807) is 24.5 Å². The van der Waals surface area contributed by atoms with E-state index in [0.29, 0.717) is 19.5 Å². The van der Waals surface area contributed by atoms with Gasteiger partial charge in [0.05, 0.1) is 30.4 Å². The second-order valence-electron chi connectivity index (χ2n) is 11.6. The molecular weight excluding hydrogens is 524 g/mol. The molecule has 6 nitrogen and oxygen atoms in total. The monoisotopic (exact) mass is 553 g/mol. The first-order chi connectivity index (χ1) is 17.5. The van der Waals surface area contributed by atoms with E-state index in [1.165, 1.54) is 12.2 Å². The van der Waals surface area contributed by atoms with E-state index in [2.05, 4.69) is 0 Å². The van der Waals surface area contributed by atoms with Crippen LogP contribution in [0.5, 0.6) is 0 Å². The number of hydroxylamine groups is 2. The highest BCUT2D eigenvalue weighted by Gasteiger charge is 2.79. The molecule has 0 bridgehead atoms. The first-order valence-corrected chi connectivity index (χ1v) is 14.2. The number of fused-ring (bicyclic) bond motifs is 7. The minimum absolute atomic E-state index is 0.0262. The Morgan fingerprint density at radius 3 is 2.84 bits per heavy atom. The summed E-state index contributed by atoms with van der Waals surface area (Å²) in [5.74, 6) is -2.34. The molecule has 0 aromatic carbocycles. The normalized spacial score (nSPS) is 45.0. The average molecular weight is 554 g/mol. The lowest BCUT2D eigenvalue weighted by molar-refractivity contribution is -0.263. The van der Waals surface area contributed by atoms with Crippen molar-refractivity contribution in [3.05, 3.63) is 47.7 Å². The zero-order chi connectivity index (χ0) is 26.4. The molecule has 3 fully saturated rings. The van der Waals surface area contributed by atoms with Gasteiger partial charge in [0.25, 0.3) is 0 Å². The minimum Gasteiger partial charge on any atom is -0.472 e. The van der Waals surface area contributed by atoms with Gasteiger partial charge >= 0.3 is 0 Å². The van der Waals surface area contributed by atoms with E-state index >= 15 is 8.78 Å². The van der Waals surface area contributed by atoms with Crippen LogP contribution in [0.2, 0.25) is 0 Å². The van der Waals surface area contributed by atoms with Gasteiger partial charge in [-0.3, -0.25) is 14.4 Å². The zero-order valence-electron chi connectivity index (χ0n) is 20.7. The maximum absolute atomic E-state index is 17.4. The van der Waals surface area contributed by atoms with Gasteiger partial charge in [0.1, 0.15) is 5.83 Å². The second-order valence-corrected chi connectivity index (χ2v) is 13.2. The van der Waals surface area contributed by atoms with Crippen LogP contribution in [0.15, 0.2) is 46.6 Å². The SMILES string of the molecule is C[C@]12C=CC(=O)CC1=C(F)C[C@H]1[C@@H]3C[C@H]4CN(Cc5ccoc5)O[C@@]4(C(=O)SCCl)[C@@]3(C)C[C@H](O)[C@@]12F. The van der Waals surface area contributed by atoms with Crippen molar-refractivity contribution in [2.24, 2.45) is 28.6 Å². The van der Waals surface area contributed by atoms with Gasteiger partial charge in [-0.1, -0.05) is 24.8 Å². The van der Waals surface area contributed by atoms with Gasteiger partial charge in [0.15, 0.2) is 17.1 Å². The highest BCUT2D eigenvalue weighted by molar-refractivity contribution is 8.14. The number of allylic oxidation sites excluding steroid dienone is 4. The van der Waals surface area contributed by atoms with E-state index in [0.717, 1.165) is 17.3 Å². The Kier molecular flexibility index (Phi) is 5.91. The second kappa shape index (κ2) is 8.49.